The molecule has 2 heteroatoms. The molecule has 0 rings (SSSR count). The van der Waals surface area contributed by atoms with Gasteiger partial charge < -0.3 is 0 Å². The van der Waals surface area contributed by atoms with Crippen molar-refractivity contribution < 1.29 is 0 Å². The highest BCUT2D eigenvalue weighted by atomic mass is 15.4. The molecule has 8 heavy (non-hydrogen) atoms. The van der Waals surface area contributed by atoms with Gasteiger partial charge in [-0.05, 0) is 20.8 Å². The van der Waals surface area contributed by atoms with Crippen LogP contribution in [-0.4, -0.2) is 24.3 Å². The van der Waals surface area contributed by atoms with Crippen LogP contribution in [0.4, 0.5) is 0 Å². The fraction of sp³-hybridized carbons (Fsp3) is 0.833. The van der Waals surface area contributed by atoms with E-state index in [1.54, 1.807) is 0 Å². The third-order valence-electron chi connectivity index (χ3n) is 1.10. The van der Waals surface area contributed by atoms with E-state index in [-0.39, 0.29) is 0 Å². The maximum Gasteiger partial charge on any atom is 0.0413 e. The van der Waals surface area contributed by atoms with Crippen molar-refractivity contribution in [2.24, 2.45) is 5.10 Å². The van der Waals surface area contributed by atoms with Crippen molar-refractivity contribution in [3.8, 4) is 0 Å². The molecule has 0 N–H and O–H groups in total. The van der Waals surface area contributed by atoms with Crippen LogP contribution in [0.2, 0.25) is 0 Å². The molecule has 0 aromatic rings. The van der Waals surface area contributed by atoms with Crippen molar-refractivity contribution in [3.63, 3.8) is 0 Å². The fourth-order valence-electron chi connectivity index (χ4n) is 0.628. The van der Waals surface area contributed by atoms with Gasteiger partial charge in [0, 0.05) is 19.3 Å². The van der Waals surface area contributed by atoms with Gasteiger partial charge in [0.1, 0.15) is 0 Å². The third kappa shape index (κ3) is 1.96. The zero-order valence-corrected chi connectivity index (χ0v) is 5.89. The normalized spacial score (nSPS) is 9.50. The predicted molar refractivity (Wildman–Crippen MR) is 37.1 cm³/mol. The van der Waals surface area contributed by atoms with Gasteiger partial charge in [-0.3, -0.25) is 5.01 Å². The molecule has 0 aliphatic carbocycles. The van der Waals surface area contributed by atoms with E-state index in [0.29, 0.717) is 6.04 Å². The lowest BCUT2D eigenvalue weighted by Gasteiger charge is -2.19. The minimum absolute atomic E-state index is 0.484. The van der Waals surface area contributed by atoms with E-state index < -0.39 is 0 Å². The molecule has 0 amide bonds. The van der Waals surface area contributed by atoms with Crippen LogP contribution in [0.15, 0.2) is 5.10 Å². The van der Waals surface area contributed by atoms with Gasteiger partial charge in [0.05, 0.1) is 0 Å². The van der Waals surface area contributed by atoms with E-state index in [1.165, 1.54) is 0 Å². The highest BCUT2D eigenvalue weighted by molar-refractivity contribution is 5.22. The van der Waals surface area contributed by atoms with E-state index >= 15 is 0 Å². The second kappa shape index (κ2) is 3.47. The minimum Gasteiger partial charge on any atom is -0.295 e. The maximum atomic E-state index is 3.79. The van der Waals surface area contributed by atoms with Gasteiger partial charge in [-0.15, -0.1) is 0 Å². The molecular weight excluding hydrogens is 100 g/mol. The van der Waals surface area contributed by atoms with Crippen LogP contribution in [0, 0.1) is 0 Å². The first-order chi connectivity index (χ1) is 3.72. The summed E-state index contributed by atoms with van der Waals surface area (Å²) < 4.78 is 0. The van der Waals surface area contributed by atoms with Gasteiger partial charge in [-0.25, -0.2) is 0 Å². The second-order valence-electron chi connectivity index (χ2n) is 1.99. The van der Waals surface area contributed by atoms with Crippen LogP contribution in [0.3, 0.4) is 0 Å². The molecule has 0 saturated heterocycles. The molecule has 0 bridgehead atoms. The Hall–Kier alpha value is -0.530. The SMILES string of the molecule is C=NN(CC)C(C)C. The molecule has 48 valence electrons. The summed E-state index contributed by atoms with van der Waals surface area (Å²) in [5, 5.41) is 5.72. The highest BCUT2D eigenvalue weighted by Gasteiger charge is 1.98. The standard InChI is InChI=1S/C6H14N2/c1-5-8(7-4)6(2)3/h6H,4-5H2,1-3H3. The van der Waals surface area contributed by atoms with Crippen LogP contribution < -0.4 is 0 Å². The molecule has 0 saturated carbocycles. The lowest BCUT2D eigenvalue weighted by Crippen LogP contribution is -2.24. The van der Waals surface area contributed by atoms with Crippen LogP contribution in [0.1, 0.15) is 20.8 Å². The van der Waals surface area contributed by atoms with Crippen molar-refractivity contribution in [2.75, 3.05) is 6.54 Å². The number of rotatable bonds is 3. The van der Waals surface area contributed by atoms with Crippen molar-refractivity contribution >= 4 is 6.72 Å². The zero-order chi connectivity index (χ0) is 6.57. The second-order valence-corrected chi connectivity index (χ2v) is 1.99. The van der Waals surface area contributed by atoms with Gasteiger partial charge in [-0.2, -0.15) is 5.10 Å². The maximum absolute atomic E-state index is 3.79. The average Bonchev–Trinajstić information content (AvgIpc) is 1.69. The van der Waals surface area contributed by atoms with Crippen molar-refractivity contribution in [1.82, 2.24) is 5.01 Å². The van der Waals surface area contributed by atoms with Gasteiger partial charge in [0.25, 0.3) is 0 Å². The Morgan fingerprint density at radius 3 is 2.12 bits per heavy atom. The van der Waals surface area contributed by atoms with Gasteiger partial charge in [0.15, 0.2) is 0 Å². The van der Waals surface area contributed by atoms with Crippen LogP contribution in [0.5, 0.6) is 0 Å². The lowest BCUT2D eigenvalue weighted by molar-refractivity contribution is 0.248. The summed E-state index contributed by atoms with van der Waals surface area (Å²) in [5.74, 6) is 0. The molecule has 0 aromatic carbocycles. The average molecular weight is 114 g/mol. The van der Waals surface area contributed by atoms with E-state index in [9.17, 15) is 0 Å². The molecule has 0 radical (unpaired) electrons. The molecule has 0 fully saturated rings. The molecule has 0 aromatic heterocycles. The summed E-state index contributed by atoms with van der Waals surface area (Å²) in [7, 11) is 0. The molecule has 0 heterocycles. The van der Waals surface area contributed by atoms with E-state index in [1.807, 2.05) is 5.01 Å². The van der Waals surface area contributed by atoms with Crippen LogP contribution in [-0.2, 0) is 0 Å². The first-order valence-electron chi connectivity index (χ1n) is 2.95. The largest absolute Gasteiger partial charge is 0.295 e. The summed E-state index contributed by atoms with van der Waals surface area (Å²) in [4.78, 5) is 0. The number of hydrazone groups is 1. The van der Waals surface area contributed by atoms with Crippen LogP contribution >= 0.6 is 0 Å². The van der Waals surface area contributed by atoms with Gasteiger partial charge in [-0.1, -0.05) is 0 Å². The Balaban J connectivity index is 3.51. The Morgan fingerprint density at radius 1 is 1.62 bits per heavy atom. The molecule has 2 nitrogen and oxygen atoms in total. The molecule has 0 aliphatic rings. The van der Waals surface area contributed by atoms with Crippen molar-refractivity contribution in [1.29, 1.82) is 0 Å². The van der Waals surface area contributed by atoms with E-state index in [4.69, 9.17) is 0 Å². The lowest BCUT2D eigenvalue weighted by atomic mass is 10.4. The van der Waals surface area contributed by atoms with Gasteiger partial charge >= 0.3 is 0 Å². The quantitative estimate of drug-likeness (QED) is 0.399. The van der Waals surface area contributed by atoms with Crippen molar-refractivity contribution in [3.05, 3.63) is 0 Å². The highest BCUT2D eigenvalue weighted by Crippen LogP contribution is 1.94. The Bertz CT molecular complexity index is 68.9. The third-order valence-corrected chi connectivity index (χ3v) is 1.10. The number of hydrogen-bond acceptors (Lipinski definition) is 2. The molecule has 0 spiro atoms. The molecule has 0 unspecified atom stereocenters. The Kier molecular flexibility index (Phi) is 3.24. The Labute approximate surface area is 51.2 Å². The number of nitrogens with zero attached hydrogens (tertiary/aromatic N) is 2. The molecular formula is C6H14N2. The number of hydrogen-bond donors (Lipinski definition) is 0. The van der Waals surface area contributed by atoms with Crippen molar-refractivity contribution in [2.45, 2.75) is 26.8 Å². The predicted octanol–water partition coefficient (Wildman–Crippen LogP) is 1.33. The summed E-state index contributed by atoms with van der Waals surface area (Å²) in [6.45, 7) is 10.6. The van der Waals surface area contributed by atoms with Crippen LogP contribution in [0.25, 0.3) is 0 Å². The molecule has 0 aliphatic heterocycles. The summed E-state index contributed by atoms with van der Waals surface area (Å²) in [6, 6.07) is 0.484. The summed E-state index contributed by atoms with van der Waals surface area (Å²) in [6.07, 6.45) is 0. The minimum atomic E-state index is 0.484. The first-order valence-corrected chi connectivity index (χ1v) is 2.95. The molecule has 0 atom stereocenters. The topological polar surface area (TPSA) is 15.6 Å². The van der Waals surface area contributed by atoms with E-state index in [0.717, 1.165) is 6.54 Å². The monoisotopic (exact) mass is 114 g/mol. The summed E-state index contributed by atoms with van der Waals surface area (Å²) >= 11 is 0. The van der Waals surface area contributed by atoms with Gasteiger partial charge in [0.2, 0.25) is 0 Å². The smallest absolute Gasteiger partial charge is 0.0413 e. The zero-order valence-electron chi connectivity index (χ0n) is 5.89. The first kappa shape index (κ1) is 7.47. The Morgan fingerprint density at radius 2 is 2.12 bits per heavy atom. The van der Waals surface area contributed by atoms with E-state index in [2.05, 4.69) is 32.6 Å². The summed E-state index contributed by atoms with van der Waals surface area (Å²) in [5.41, 5.74) is 0. The fourth-order valence-corrected chi connectivity index (χ4v) is 0.628.